The van der Waals surface area contributed by atoms with Crippen LogP contribution in [0.25, 0.3) is 11.4 Å². The Morgan fingerprint density at radius 3 is 2.67 bits per heavy atom. The lowest BCUT2D eigenvalue weighted by atomic mass is 10.2. The summed E-state index contributed by atoms with van der Waals surface area (Å²) in [5.74, 6) is 1.71. The summed E-state index contributed by atoms with van der Waals surface area (Å²) < 4.78 is 12.7. The summed E-state index contributed by atoms with van der Waals surface area (Å²) in [7, 11) is 1.56. The third-order valence-electron chi connectivity index (χ3n) is 3.86. The van der Waals surface area contributed by atoms with E-state index in [2.05, 4.69) is 15.5 Å². The molecule has 0 aliphatic carbocycles. The summed E-state index contributed by atoms with van der Waals surface area (Å²) in [6.45, 7) is 2.55. The molecule has 0 atom stereocenters. The summed E-state index contributed by atoms with van der Waals surface area (Å²) in [6.07, 6.45) is 0. The van der Waals surface area contributed by atoms with Crippen LogP contribution in [0.5, 0.6) is 11.5 Å². The summed E-state index contributed by atoms with van der Waals surface area (Å²) in [5, 5.41) is 9.84. The number of nitrogens with one attached hydrogen (secondary N) is 2. The second-order valence-corrected chi connectivity index (χ2v) is 6.03. The molecular formula is C19H20N4O3S. The number of hydrogen-bond acceptors (Lipinski definition) is 5. The third kappa shape index (κ3) is 4.35. The van der Waals surface area contributed by atoms with E-state index in [0.717, 1.165) is 11.3 Å². The molecular weight excluding hydrogens is 364 g/mol. The number of aromatic nitrogens is 3. The van der Waals surface area contributed by atoms with E-state index in [1.807, 2.05) is 43.3 Å². The predicted octanol–water partition coefficient (Wildman–Crippen LogP) is 3.65. The van der Waals surface area contributed by atoms with E-state index in [1.165, 1.54) is 0 Å². The second kappa shape index (κ2) is 8.50. The van der Waals surface area contributed by atoms with Crippen molar-refractivity contribution >= 4 is 23.8 Å². The molecule has 1 aromatic heterocycles. The van der Waals surface area contributed by atoms with Gasteiger partial charge in [-0.1, -0.05) is 12.1 Å². The van der Waals surface area contributed by atoms with E-state index < -0.39 is 0 Å². The molecule has 0 unspecified atom stereocenters. The zero-order chi connectivity index (χ0) is 19.2. The van der Waals surface area contributed by atoms with Gasteiger partial charge in [-0.25, -0.2) is 0 Å². The van der Waals surface area contributed by atoms with Crippen molar-refractivity contribution in [3.63, 3.8) is 0 Å². The van der Waals surface area contributed by atoms with Crippen LogP contribution < -0.4 is 14.8 Å². The highest BCUT2D eigenvalue weighted by atomic mass is 32.1. The molecule has 0 radical (unpaired) electrons. The molecule has 0 fully saturated rings. The first kappa shape index (κ1) is 18.7. The molecule has 0 saturated heterocycles. The summed E-state index contributed by atoms with van der Waals surface area (Å²) in [6, 6.07) is 14.7. The number of amides is 1. The van der Waals surface area contributed by atoms with Gasteiger partial charge in [0.15, 0.2) is 10.6 Å². The molecule has 1 amide bonds. The van der Waals surface area contributed by atoms with Gasteiger partial charge in [0.2, 0.25) is 5.91 Å². The summed E-state index contributed by atoms with van der Waals surface area (Å²) >= 11 is 5.29. The minimum absolute atomic E-state index is 0.0237. The number of carbonyl (C=O) groups is 1. The second-order valence-electron chi connectivity index (χ2n) is 5.64. The molecule has 0 saturated carbocycles. The fraction of sp³-hybridized carbons (Fsp3) is 0.211. The van der Waals surface area contributed by atoms with Crippen LogP contribution >= 0.6 is 12.2 Å². The molecule has 3 aromatic rings. The number of para-hydroxylation sites is 2. The highest BCUT2D eigenvalue weighted by Gasteiger charge is 2.14. The van der Waals surface area contributed by atoms with Gasteiger partial charge in [-0.15, -0.1) is 0 Å². The van der Waals surface area contributed by atoms with E-state index in [-0.39, 0.29) is 12.5 Å². The molecule has 0 aliphatic heterocycles. The van der Waals surface area contributed by atoms with Gasteiger partial charge in [0.1, 0.15) is 18.0 Å². The molecule has 1 heterocycles. The number of aromatic amines is 1. The fourth-order valence-corrected chi connectivity index (χ4v) is 2.83. The topological polar surface area (TPSA) is 81.2 Å². The molecule has 140 valence electrons. The van der Waals surface area contributed by atoms with E-state index in [9.17, 15) is 4.79 Å². The number of carbonyl (C=O) groups excluding carboxylic acids is 1. The van der Waals surface area contributed by atoms with Gasteiger partial charge in [0, 0.05) is 5.56 Å². The van der Waals surface area contributed by atoms with E-state index in [1.54, 1.807) is 23.8 Å². The quantitative estimate of drug-likeness (QED) is 0.608. The Balaban J connectivity index is 1.80. The minimum atomic E-state index is -0.232. The standard InChI is InChI=1S/C19H20N4O3S/c1-3-26-14-10-8-13(9-11-14)18-21-22-19(27)23(18)12-17(24)20-15-6-4-5-7-16(15)25-2/h4-11H,3,12H2,1-2H3,(H,20,24)(H,22,27). The highest BCUT2D eigenvalue weighted by molar-refractivity contribution is 7.71. The Morgan fingerprint density at radius 2 is 1.96 bits per heavy atom. The van der Waals surface area contributed by atoms with Crippen LogP contribution in [0.15, 0.2) is 48.5 Å². The molecule has 8 heteroatoms. The number of ether oxygens (including phenoxy) is 2. The third-order valence-corrected chi connectivity index (χ3v) is 4.18. The molecule has 0 aliphatic rings. The first-order valence-electron chi connectivity index (χ1n) is 8.43. The van der Waals surface area contributed by atoms with Crippen LogP contribution in [0.2, 0.25) is 0 Å². The summed E-state index contributed by atoms with van der Waals surface area (Å²) in [5.41, 5.74) is 1.43. The largest absolute Gasteiger partial charge is 0.495 e. The minimum Gasteiger partial charge on any atom is -0.495 e. The van der Waals surface area contributed by atoms with Gasteiger partial charge in [0.25, 0.3) is 0 Å². The number of rotatable bonds is 7. The zero-order valence-electron chi connectivity index (χ0n) is 15.1. The number of anilines is 1. The molecule has 3 rings (SSSR count). The summed E-state index contributed by atoms with van der Waals surface area (Å²) in [4.78, 5) is 12.5. The van der Waals surface area contributed by atoms with Crippen LogP contribution in [0.3, 0.4) is 0 Å². The number of hydrogen-bond donors (Lipinski definition) is 2. The van der Waals surface area contributed by atoms with Crippen LogP contribution in [-0.2, 0) is 11.3 Å². The molecule has 0 bridgehead atoms. The monoisotopic (exact) mass is 384 g/mol. The van der Waals surface area contributed by atoms with Crippen molar-refractivity contribution < 1.29 is 14.3 Å². The number of benzene rings is 2. The van der Waals surface area contributed by atoms with Gasteiger partial charge >= 0.3 is 0 Å². The number of nitrogens with zero attached hydrogens (tertiary/aromatic N) is 2. The normalized spacial score (nSPS) is 10.4. The average molecular weight is 384 g/mol. The van der Waals surface area contributed by atoms with Gasteiger partial charge in [-0.05, 0) is 55.5 Å². The van der Waals surface area contributed by atoms with Crippen LogP contribution in [-0.4, -0.2) is 34.4 Å². The Kier molecular flexibility index (Phi) is 5.87. The Labute approximate surface area is 161 Å². The first-order chi connectivity index (χ1) is 13.1. The first-order valence-corrected chi connectivity index (χ1v) is 8.84. The van der Waals surface area contributed by atoms with E-state index >= 15 is 0 Å². The highest BCUT2D eigenvalue weighted by Crippen LogP contribution is 2.24. The number of H-pyrrole nitrogens is 1. The lowest BCUT2D eigenvalue weighted by molar-refractivity contribution is -0.116. The van der Waals surface area contributed by atoms with Crippen molar-refractivity contribution in [1.29, 1.82) is 0 Å². The van der Waals surface area contributed by atoms with Crippen molar-refractivity contribution in [2.24, 2.45) is 0 Å². The van der Waals surface area contributed by atoms with Gasteiger partial charge < -0.3 is 14.8 Å². The van der Waals surface area contributed by atoms with Crippen molar-refractivity contribution in [1.82, 2.24) is 14.8 Å². The van der Waals surface area contributed by atoms with Crippen molar-refractivity contribution in [3.8, 4) is 22.9 Å². The Bertz CT molecular complexity index is 979. The lowest BCUT2D eigenvalue weighted by Gasteiger charge is -2.11. The fourth-order valence-electron chi connectivity index (χ4n) is 2.63. The van der Waals surface area contributed by atoms with Crippen molar-refractivity contribution in [2.75, 3.05) is 19.0 Å². The van der Waals surface area contributed by atoms with Gasteiger partial charge in [0.05, 0.1) is 19.4 Å². The van der Waals surface area contributed by atoms with E-state index in [4.69, 9.17) is 21.7 Å². The van der Waals surface area contributed by atoms with Crippen molar-refractivity contribution in [3.05, 3.63) is 53.3 Å². The number of methoxy groups -OCH3 is 1. The van der Waals surface area contributed by atoms with Crippen LogP contribution in [0, 0.1) is 4.77 Å². The SMILES string of the molecule is CCOc1ccc(-c2n[nH]c(=S)n2CC(=O)Nc2ccccc2OC)cc1. The zero-order valence-corrected chi connectivity index (χ0v) is 15.9. The lowest BCUT2D eigenvalue weighted by Crippen LogP contribution is -2.19. The maximum Gasteiger partial charge on any atom is 0.244 e. The maximum absolute atomic E-state index is 12.5. The predicted molar refractivity (Wildman–Crippen MR) is 106 cm³/mol. The van der Waals surface area contributed by atoms with Crippen LogP contribution in [0.4, 0.5) is 5.69 Å². The molecule has 2 N–H and O–H groups in total. The van der Waals surface area contributed by atoms with Crippen molar-refractivity contribution in [2.45, 2.75) is 13.5 Å². The van der Waals surface area contributed by atoms with Gasteiger partial charge in [-0.2, -0.15) is 5.10 Å². The molecule has 2 aromatic carbocycles. The van der Waals surface area contributed by atoms with Crippen LogP contribution in [0.1, 0.15) is 6.92 Å². The van der Waals surface area contributed by atoms with E-state index in [0.29, 0.717) is 28.6 Å². The smallest absolute Gasteiger partial charge is 0.244 e. The molecule has 7 nitrogen and oxygen atoms in total. The average Bonchev–Trinajstić information content (AvgIpc) is 3.03. The Hall–Kier alpha value is -3.13. The molecule has 27 heavy (non-hydrogen) atoms. The maximum atomic E-state index is 12.5. The Morgan fingerprint density at radius 1 is 1.22 bits per heavy atom. The molecule has 0 spiro atoms. The van der Waals surface area contributed by atoms with Gasteiger partial charge in [-0.3, -0.25) is 14.5 Å².